The number of hydrogen-bond donors (Lipinski definition) is 2. The standard InChI is InChI=1S/C7H14N2/c1-6(2)5-7(3)9-8-4/h5,8-9H,3H2,1-2,4H3. The lowest BCUT2D eigenvalue weighted by atomic mass is 10.3. The quantitative estimate of drug-likeness (QED) is 0.438. The minimum absolute atomic E-state index is 0.887. The predicted octanol–water partition coefficient (Wildman–Crippen LogP) is 1.19. The number of hydrogen-bond acceptors (Lipinski definition) is 2. The Balaban J connectivity index is 3.63. The number of allylic oxidation sites excluding steroid dienone is 2. The molecule has 0 aromatic rings. The first-order chi connectivity index (χ1) is 4.16. The Bertz CT molecular complexity index is 121. The summed E-state index contributed by atoms with van der Waals surface area (Å²) in [5.41, 5.74) is 7.76. The van der Waals surface area contributed by atoms with Crippen molar-refractivity contribution in [3.63, 3.8) is 0 Å². The second-order valence-corrected chi connectivity index (χ2v) is 2.12. The number of rotatable bonds is 3. The lowest BCUT2D eigenvalue weighted by molar-refractivity contribution is 0.705. The topological polar surface area (TPSA) is 24.1 Å². The zero-order valence-corrected chi connectivity index (χ0v) is 6.28. The third-order valence-corrected chi connectivity index (χ3v) is 0.748. The van der Waals surface area contributed by atoms with Crippen LogP contribution in [0.5, 0.6) is 0 Å². The minimum atomic E-state index is 0.887. The molecule has 0 aliphatic rings. The van der Waals surface area contributed by atoms with Crippen molar-refractivity contribution in [2.24, 2.45) is 0 Å². The highest BCUT2D eigenvalue weighted by Crippen LogP contribution is 1.92. The molecule has 0 saturated heterocycles. The zero-order chi connectivity index (χ0) is 7.28. The van der Waals surface area contributed by atoms with Crippen LogP contribution in [0.15, 0.2) is 23.9 Å². The average Bonchev–Trinajstić information content (AvgIpc) is 1.63. The Hall–Kier alpha value is -0.760. The molecule has 0 atom stereocenters. The van der Waals surface area contributed by atoms with Crippen molar-refractivity contribution in [2.75, 3.05) is 7.05 Å². The molecule has 0 bridgehead atoms. The van der Waals surface area contributed by atoms with Gasteiger partial charge in [0.25, 0.3) is 0 Å². The van der Waals surface area contributed by atoms with E-state index in [4.69, 9.17) is 0 Å². The summed E-state index contributed by atoms with van der Waals surface area (Å²) in [7, 11) is 1.81. The predicted molar refractivity (Wildman–Crippen MR) is 40.8 cm³/mol. The first-order valence-corrected chi connectivity index (χ1v) is 2.93. The van der Waals surface area contributed by atoms with Crippen molar-refractivity contribution in [2.45, 2.75) is 13.8 Å². The van der Waals surface area contributed by atoms with Crippen LogP contribution in [0.3, 0.4) is 0 Å². The average molecular weight is 126 g/mol. The molecule has 0 radical (unpaired) electrons. The van der Waals surface area contributed by atoms with Gasteiger partial charge in [0.05, 0.1) is 0 Å². The van der Waals surface area contributed by atoms with Crippen LogP contribution >= 0.6 is 0 Å². The van der Waals surface area contributed by atoms with Crippen LogP contribution in [0, 0.1) is 0 Å². The smallest absolute Gasteiger partial charge is 0.0414 e. The van der Waals surface area contributed by atoms with E-state index in [1.807, 2.05) is 27.0 Å². The van der Waals surface area contributed by atoms with E-state index in [1.165, 1.54) is 5.57 Å². The van der Waals surface area contributed by atoms with Gasteiger partial charge < -0.3 is 5.43 Å². The second kappa shape index (κ2) is 4.15. The van der Waals surface area contributed by atoms with Crippen molar-refractivity contribution in [1.29, 1.82) is 0 Å². The molecule has 0 spiro atoms. The summed E-state index contributed by atoms with van der Waals surface area (Å²) in [6, 6.07) is 0. The molecule has 0 amide bonds. The highest BCUT2D eigenvalue weighted by atomic mass is 15.3. The van der Waals surface area contributed by atoms with Crippen LogP contribution in [0.25, 0.3) is 0 Å². The van der Waals surface area contributed by atoms with Crippen LogP contribution in [-0.2, 0) is 0 Å². The fraction of sp³-hybridized carbons (Fsp3) is 0.429. The largest absolute Gasteiger partial charge is 0.322 e. The van der Waals surface area contributed by atoms with E-state index < -0.39 is 0 Å². The number of nitrogens with one attached hydrogen (secondary N) is 2. The Kier molecular flexibility index (Phi) is 3.80. The van der Waals surface area contributed by atoms with E-state index in [0.29, 0.717) is 0 Å². The summed E-state index contributed by atoms with van der Waals surface area (Å²) in [4.78, 5) is 0. The maximum atomic E-state index is 3.73. The molecule has 52 valence electrons. The van der Waals surface area contributed by atoms with Crippen molar-refractivity contribution in [1.82, 2.24) is 10.9 Å². The highest BCUT2D eigenvalue weighted by Gasteiger charge is 1.81. The zero-order valence-electron chi connectivity index (χ0n) is 6.28. The van der Waals surface area contributed by atoms with E-state index in [2.05, 4.69) is 17.4 Å². The maximum Gasteiger partial charge on any atom is 0.0414 e. The Morgan fingerprint density at radius 2 is 2.00 bits per heavy atom. The third-order valence-electron chi connectivity index (χ3n) is 0.748. The van der Waals surface area contributed by atoms with Crippen molar-refractivity contribution >= 4 is 0 Å². The minimum Gasteiger partial charge on any atom is -0.322 e. The van der Waals surface area contributed by atoms with Gasteiger partial charge in [-0.2, -0.15) is 0 Å². The Labute approximate surface area is 56.6 Å². The summed E-state index contributed by atoms with van der Waals surface area (Å²) in [5.74, 6) is 0. The molecule has 0 saturated carbocycles. The van der Waals surface area contributed by atoms with E-state index in [9.17, 15) is 0 Å². The van der Waals surface area contributed by atoms with Crippen LogP contribution < -0.4 is 10.9 Å². The molecule has 0 aliphatic heterocycles. The van der Waals surface area contributed by atoms with E-state index in [1.54, 1.807) is 0 Å². The highest BCUT2D eigenvalue weighted by molar-refractivity contribution is 5.15. The monoisotopic (exact) mass is 126 g/mol. The fourth-order valence-electron chi connectivity index (χ4n) is 0.545. The summed E-state index contributed by atoms with van der Waals surface area (Å²) >= 11 is 0. The molecule has 0 unspecified atom stereocenters. The summed E-state index contributed by atoms with van der Waals surface area (Å²) in [6.07, 6.45) is 1.97. The molecule has 0 aromatic heterocycles. The van der Waals surface area contributed by atoms with Gasteiger partial charge in [-0.3, -0.25) is 0 Å². The van der Waals surface area contributed by atoms with Gasteiger partial charge in [0, 0.05) is 12.7 Å². The molecule has 0 aromatic carbocycles. The van der Waals surface area contributed by atoms with Crippen molar-refractivity contribution < 1.29 is 0 Å². The Morgan fingerprint density at radius 1 is 1.44 bits per heavy atom. The molecule has 0 heterocycles. The molecule has 2 nitrogen and oxygen atoms in total. The summed E-state index contributed by atoms with van der Waals surface area (Å²) in [6.45, 7) is 7.80. The van der Waals surface area contributed by atoms with Crippen molar-refractivity contribution in [3.8, 4) is 0 Å². The van der Waals surface area contributed by atoms with Gasteiger partial charge >= 0.3 is 0 Å². The third kappa shape index (κ3) is 5.11. The first kappa shape index (κ1) is 8.24. The lowest BCUT2D eigenvalue weighted by Crippen LogP contribution is -2.25. The van der Waals surface area contributed by atoms with Gasteiger partial charge in [0.15, 0.2) is 0 Å². The SMILES string of the molecule is C=C(C=C(C)C)NNC. The van der Waals surface area contributed by atoms with Gasteiger partial charge in [-0.15, -0.1) is 0 Å². The Morgan fingerprint density at radius 3 is 2.33 bits per heavy atom. The van der Waals surface area contributed by atoms with E-state index in [0.717, 1.165) is 5.70 Å². The van der Waals surface area contributed by atoms with Gasteiger partial charge in [-0.25, -0.2) is 5.43 Å². The van der Waals surface area contributed by atoms with Gasteiger partial charge in [-0.1, -0.05) is 12.2 Å². The van der Waals surface area contributed by atoms with Crippen LogP contribution in [0.2, 0.25) is 0 Å². The molecule has 2 N–H and O–H groups in total. The normalized spacial score (nSPS) is 8.33. The molecule has 0 rings (SSSR count). The molecule has 0 fully saturated rings. The van der Waals surface area contributed by atoms with Crippen LogP contribution in [0.4, 0.5) is 0 Å². The van der Waals surface area contributed by atoms with Gasteiger partial charge in [0.2, 0.25) is 0 Å². The molecular weight excluding hydrogens is 112 g/mol. The van der Waals surface area contributed by atoms with E-state index in [-0.39, 0.29) is 0 Å². The van der Waals surface area contributed by atoms with Gasteiger partial charge in [-0.05, 0) is 19.9 Å². The molecular formula is C7H14N2. The van der Waals surface area contributed by atoms with Crippen LogP contribution in [0.1, 0.15) is 13.8 Å². The summed E-state index contributed by atoms with van der Waals surface area (Å²) < 4.78 is 0. The lowest BCUT2D eigenvalue weighted by Gasteiger charge is -2.01. The molecule has 9 heavy (non-hydrogen) atoms. The van der Waals surface area contributed by atoms with Gasteiger partial charge in [0.1, 0.15) is 0 Å². The maximum absolute atomic E-state index is 3.73. The summed E-state index contributed by atoms with van der Waals surface area (Å²) in [5, 5.41) is 0. The second-order valence-electron chi connectivity index (χ2n) is 2.12. The fourth-order valence-corrected chi connectivity index (χ4v) is 0.545. The van der Waals surface area contributed by atoms with E-state index >= 15 is 0 Å². The molecule has 2 heteroatoms. The van der Waals surface area contributed by atoms with Crippen molar-refractivity contribution in [3.05, 3.63) is 23.9 Å². The first-order valence-electron chi connectivity index (χ1n) is 2.93. The molecule has 0 aliphatic carbocycles. The number of hydrazine groups is 1. The van der Waals surface area contributed by atoms with Crippen LogP contribution in [-0.4, -0.2) is 7.05 Å².